The van der Waals surface area contributed by atoms with Crippen molar-refractivity contribution in [3.63, 3.8) is 0 Å². The van der Waals surface area contributed by atoms with Gasteiger partial charge in [0.1, 0.15) is 5.76 Å². The summed E-state index contributed by atoms with van der Waals surface area (Å²) in [6.07, 6.45) is 5.93. The topological polar surface area (TPSA) is 32.5 Å². The fraction of sp³-hybridized carbons (Fsp3) is 0.800. The molecular weight excluding hydrogens is 238 g/mol. The summed E-state index contributed by atoms with van der Waals surface area (Å²) >= 11 is 0. The van der Waals surface area contributed by atoms with Crippen molar-refractivity contribution >= 4 is 0 Å². The molecule has 0 amide bonds. The normalized spacial score (nSPS) is 31.1. The van der Waals surface area contributed by atoms with Gasteiger partial charge in [0.05, 0.1) is 12.2 Å². The van der Waals surface area contributed by atoms with Crippen LogP contribution in [0.2, 0.25) is 0 Å². The lowest BCUT2D eigenvalue weighted by Crippen LogP contribution is -2.59. The SMILES string of the molecule is Cc1cnc(C(C)N2CC3CCCCN3CC2C)o1. The van der Waals surface area contributed by atoms with E-state index in [9.17, 15) is 0 Å². The summed E-state index contributed by atoms with van der Waals surface area (Å²) in [4.78, 5) is 9.65. The van der Waals surface area contributed by atoms with E-state index in [1.54, 1.807) is 0 Å². The Morgan fingerprint density at radius 1 is 1.37 bits per heavy atom. The van der Waals surface area contributed by atoms with Gasteiger partial charge in [-0.15, -0.1) is 0 Å². The van der Waals surface area contributed by atoms with Crippen molar-refractivity contribution < 1.29 is 4.42 Å². The van der Waals surface area contributed by atoms with Gasteiger partial charge in [-0.25, -0.2) is 4.98 Å². The molecule has 0 aromatic carbocycles. The molecule has 3 unspecified atom stereocenters. The van der Waals surface area contributed by atoms with Crippen molar-refractivity contribution in [2.24, 2.45) is 0 Å². The van der Waals surface area contributed by atoms with Crippen LogP contribution < -0.4 is 0 Å². The van der Waals surface area contributed by atoms with Crippen LogP contribution in [-0.4, -0.2) is 46.5 Å². The molecule has 106 valence electrons. The average Bonchev–Trinajstić information content (AvgIpc) is 2.84. The van der Waals surface area contributed by atoms with E-state index in [0.717, 1.165) is 24.2 Å². The molecule has 0 aliphatic carbocycles. The van der Waals surface area contributed by atoms with Crippen LogP contribution >= 0.6 is 0 Å². The number of fused-ring (bicyclic) bond motifs is 1. The van der Waals surface area contributed by atoms with Crippen LogP contribution in [0.25, 0.3) is 0 Å². The third-order valence-electron chi connectivity index (χ3n) is 4.73. The first kappa shape index (κ1) is 13.1. The summed E-state index contributed by atoms with van der Waals surface area (Å²) in [5.41, 5.74) is 0. The molecule has 0 bridgehead atoms. The van der Waals surface area contributed by atoms with Crippen molar-refractivity contribution in [3.05, 3.63) is 17.8 Å². The van der Waals surface area contributed by atoms with Gasteiger partial charge in [0.25, 0.3) is 0 Å². The monoisotopic (exact) mass is 263 g/mol. The zero-order chi connectivity index (χ0) is 13.4. The number of nitrogens with zero attached hydrogens (tertiary/aromatic N) is 3. The standard InChI is InChI=1S/C15H25N3O/c1-11-9-17-7-5-4-6-14(17)10-18(11)13(3)15-16-8-12(2)19-15/h8,11,13-14H,4-7,9-10H2,1-3H3. The number of aromatic nitrogens is 1. The molecule has 3 rings (SSSR count). The zero-order valence-corrected chi connectivity index (χ0v) is 12.3. The van der Waals surface area contributed by atoms with Crippen molar-refractivity contribution in [2.75, 3.05) is 19.6 Å². The quantitative estimate of drug-likeness (QED) is 0.821. The number of piperidine rings is 1. The second kappa shape index (κ2) is 5.25. The molecule has 2 aliphatic rings. The van der Waals surface area contributed by atoms with E-state index >= 15 is 0 Å². The highest BCUT2D eigenvalue weighted by Crippen LogP contribution is 2.30. The Morgan fingerprint density at radius 2 is 2.21 bits per heavy atom. The van der Waals surface area contributed by atoms with Gasteiger partial charge in [-0.3, -0.25) is 9.80 Å². The van der Waals surface area contributed by atoms with Gasteiger partial charge in [-0.2, -0.15) is 0 Å². The second-order valence-electron chi connectivity index (χ2n) is 6.18. The Bertz CT molecular complexity index is 431. The van der Waals surface area contributed by atoms with Crippen molar-refractivity contribution in [1.29, 1.82) is 0 Å². The molecule has 1 aromatic rings. The van der Waals surface area contributed by atoms with E-state index in [0.29, 0.717) is 6.04 Å². The highest BCUT2D eigenvalue weighted by atomic mass is 16.4. The van der Waals surface area contributed by atoms with Gasteiger partial charge in [-0.05, 0) is 40.2 Å². The summed E-state index contributed by atoms with van der Waals surface area (Å²) in [5.74, 6) is 1.78. The molecule has 4 heteroatoms. The summed E-state index contributed by atoms with van der Waals surface area (Å²) in [7, 11) is 0. The molecule has 2 aliphatic heterocycles. The van der Waals surface area contributed by atoms with Crippen molar-refractivity contribution in [3.8, 4) is 0 Å². The maximum Gasteiger partial charge on any atom is 0.211 e. The lowest BCUT2D eigenvalue weighted by Gasteiger charge is -2.48. The molecular formula is C15H25N3O. The Morgan fingerprint density at radius 3 is 2.95 bits per heavy atom. The minimum atomic E-state index is 0.285. The Hall–Kier alpha value is -0.870. The predicted molar refractivity (Wildman–Crippen MR) is 75.0 cm³/mol. The van der Waals surface area contributed by atoms with E-state index < -0.39 is 0 Å². The number of hydrogen-bond donors (Lipinski definition) is 0. The van der Waals surface area contributed by atoms with Crippen LogP contribution in [0.15, 0.2) is 10.6 Å². The van der Waals surface area contributed by atoms with Gasteiger partial charge in [0.15, 0.2) is 0 Å². The Labute approximate surface area is 115 Å². The first-order valence-corrected chi connectivity index (χ1v) is 7.57. The first-order valence-electron chi connectivity index (χ1n) is 7.57. The maximum atomic E-state index is 5.72. The maximum absolute atomic E-state index is 5.72. The van der Waals surface area contributed by atoms with Gasteiger partial charge < -0.3 is 4.42 Å². The molecule has 0 spiro atoms. The summed E-state index contributed by atoms with van der Waals surface area (Å²) in [6.45, 7) is 10.1. The van der Waals surface area contributed by atoms with Gasteiger partial charge >= 0.3 is 0 Å². The predicted octanol–water partition coefficient (Wildman–Crippen LogP) is 2.60. The fourth-order valence-corrected chi connectivity index (χ4v) is 3.62. The fourth-order valence-electron chi connectivity index (χ4n) is 3.62. The smallest absolute Gasteiger partial charge is 0.211 e. The van der Waals surface area contributed by atoms with Gasteiger partial charge in [-0.1, -0.05) is 6.42 Å². The molecule has 1 aromatic heterocycles. The number of aryl methyl sites for hydroxylation is 1. The minimum absolute atomic E-state index is 0.285. The average molecular weight is 263 g/mol. The Kier molecular flexibility index (Phi) is 3.63. The molecule has 2 saturated heterocycles. The lowest BCUT2D eigenvalue weighted by atomic mass is 9.96. The van der Waals surface area contributed by atoms with E-state index in [-0.39, 0.29) is 6.04 Å². The number of oxazole rings is 1. The molecule has 4 nitrogen and oxygen atoms in total. The van der Waals surface area contributed by atoms with Crippen LogP contribution in [0.5, 0.6) is 0 Å². The van der Waals surface area contributed by atoms with Gasteiger partial charge in [0, 0.05) is 25.2 Å². The molecule has 0 saturated carbocycles. The van der Waals surface area contributed by atoms with Crippen LogP contribution in [-0.2, 0) is 0 Å². The molecule has 19 heavy (non-hydrogen) atoms. The molecule has 3 heterocycles. The van der Waals surface area contributed by atoms with E-state index in [1.807, 2.05) is 13.1 Å². The molecule has 3 atom stereocenters. The van der Waals surface area contributed by atoms with E-state index in [1.165, 1.54) is 32.4 Å². The van der Waals surface area contributed by atoms with Crippen LogP contribution in [0, 0.1) is 6.92 Å². The van der Waals surface area contributed by atoms with Crippen LogP contribution in [0.1, 0.15) is 50.8 Å². The largest absolute Gasteiger partial charge is 0.444 e. The summed E-state index contributed by atoms with van der Waals surface area (Å²) in [5, 5.41) is 0. The number of rotatable bonds is 2. The minimum Gasteiger partial charge on any atom is -0.444 e. The lowest BCUT2D eigenvalue weighted by molar-refractivity contribution is -0.0101. The summed E-state index contributed by atoms with van der Waals surface area (Å²) in [6, 6.07) is 1.60. The molecule has 0 radical (unpaired) electrons. The second-order valence-corrected chi connectivity index (χ2v) is 6.18. The van der Waals surface area contributed by atoms with E-state index in [2.05, 4.69) is 28.6 Å². The molecule has 0 N–H and O–H groups in total. The third-order valence-corrected chi connectivity index (χ3v) is 4.73. The van der Waals surface area contributed by atoms with Crippen molar-refractivity contribution in [2.45, 2.75) is 58.2 Å². The highest BCUT2D eigenvalue weighted by Gasteiger charge is 2.36. The van der Waals surface area contributed by atoms with Crippen molar-refractivity contribution in [1.82, 2.24) is 14.8 Å². The van der Waals surface area contributed by atoms with Crippen LogP contribution in [0.3, 0.4) is 0 Å². The van der Waals surface area contributed by atoms with Crippen LogP contribution in [0.4, 0.5) is 0 Å². The third kappa shape index (κ3) is 2.56. The van der Waals surface area contributed by atoms with Gasteiger partial charge in [0.2, 0.25) is 5.89 Å². The summed E-state index contributed by atoms with van der Waals surface area (Å²) < 4.78 is 5.72. The zero-order valence-electron chi connectivity index (χ0n) is 12.3. The van der Waals surface area contributed by atoms with E-state index in [4.69, 9.17) is 4.42 Å². The highest BCUT2D eigenvalue weighted by molar-refractivity contribution is 4.99. The first-order chi connectivity index (χ1) is 9.15. The molecule has 2 fully saturated rings. The Balaban J connectivity index is 1.73. The number of piperazine rings is 1. The number of hydrogen-bond acceptors (Lipinski definition) is 4.